The molecule has 2 aromatic carbocycles. The van der Waals surface area contributed by atoms with Crippen molar-refractivity contribution in [1.82, 2.24) is 0 Å². The maximum atomic E-state index is 10.3. The molecule has 0 bridgehead atoms. The van der Waals surface area contributed by atoms with E-state index in [1.165, 1.54) is 0 Å². The van der Waals surface area contributed by atoms with Gasteiger partial charge in [0.1, 0.15) is 5.75 Å². The fraction of sp³-hybridized carbons (Fsp3) is 0.250. The molecule has 0 saturated heterocycles. The van der Waals surface area contributed by atoms with Crippen molar-refractivity contribution in [2.24, 2.45) is 0 Å². The molecule has 0 heterocycles. The Hall–Kier alpha value is -1.32. The van der Waals surface area contributed by atoms with Gasteiger partial charge < -0.3 is 9.84 Å². The van der Waals surface area contributed by atoms with Crippen molar-refractivity contribution < 1.29 is 9.84 Å². The van der Waals surface area contributed by atoms with Gasteiger partial charge in [-0.1, -0.05) is 45.8 Å². The molecule has 2 rings (SSSR count). The van der Waals surface area contributed by atoms with Crippen LogP contribution in [0.3, 0.4) is 0 Å². The Balaban J connectivity index is 2.21. The van der Waals surface area contributed by atoms with Crippen molar-refractivity contribution in [3.63, 3.8) is 0 Å². The van der Waals surface area contributed by atoms with Crippen LogP contribution in [0, 0.1) is 6.92 Å². The Morgan fingerprint density at radius 3 is 2.68 bits per heavy atom. The first-order valence-corrected chi connectivity index (χ1v) is 6.96. The van der Waals surface area contributed by atoms with Crippen LogP contribution in [0.1, 0.15) is 22.8 Å². The molecule has 1 N–H and O–H groups in total. The van der Waals surface area contributed by atoms with E-state index in [-0.39, 0.29) is 0 Å². The first-order chi connectivity index (χ1) is 9.10. The number of halogens is 1. The molecular formula is C16H17BrO2. The molecule has 0 spiro atoms. The number of aryl methyl sites for hydroxylation is 1. The van der Waals surface area contributed by atoms with E-state index in [1.807, 2.05) is 49.4 Å². The number of aliphatic hydroxyl groups excluding tert-OH is 1. The van der Waals surface area contributed by atoms with Crippen LogP contribution in [0.2, 0.25) is 0 Å². The molecule has 0 fully saturated rings. The molecule has 3 heteroatoms. The van der Waals surface area contributed by atoms with Crippen LogP contribution in [0.5, 0.6) is 5.75 Å². The van der Waals surface area contributed by atoms with Gasteiger partial charge in [-0.15, -0.1) is 0 Å². The van der Waals surface area contributed by atoms with Crippen molar-refractivity contribution in [2.75, 3.05) is 7.11 Å². The summed E-state index contributed by atoms with van der Waals surface area (Å²) in [5.41, 5.74) is 3.13. The fourth-order valence-corrected chi connectivity index (χ4v) is 2.45. The molecule has 0 aliphatic rings. The lowest BCUT2D eigenvalue weighted by Gasteiger charge is -2.14. The highest BCUT2D eigenvalue weighted by molar-refractivity contribution is 9.10. The number of methoxy groups -OCH3 is 1. The van der Waals surface area contributed by atoms with Crippen molar-refractivity contribution >= 4 is 15.9 Å². The second-order valence-electron chi connectivity index (χ2n) is 4.59. The largest absolute Gasteiger partial charge is 0.497 e. The van der Waals surface area contributed by atoms with Crippen LogP contribution in [0.25, 0.3) is 0 Å². The van der Waals surface area contributed by atoms with Gasteiger partial charge in [-0.05, 0) is 36.2 Å². The van der Waals surface area contributed by atoms with E-state index in [0.29, 0.717) is 6.42 Å². The zero-order valence-corrected chi connectivity index (χ0v) is 12.6. The molecule has 19 heavy (non-hydrogen) atoms. The van der Waals surface area contributed by atoms with Gasteiger partial charge in [0.2, 0.25) is 0 Å². The number of benzene rings is 2. The summed E-state index contributed by atoms with van der Waals surface area (Å²) < 4.78 is 6.20. The third kappa shape index (κ3) is 3.58. The van der Waals surface area contributed by atoms with E-state index in [9.17, 15) is 5.11 Å². The molecular weight excluding hydrogens is 304 g/mol. The number of ether oxygens (including phenoxy) is 1. The quantitative estimate of drug-likeness (QED) is 0.921. The van der Waals surface area contributed by atoms with Gasteiger partial charge >= 0.3 is 0 Å². The second kappa shape index (κ2) is 6.22. The van der Waals surface area contributed by atoms with E-state index in [4.69, 9.17) is 4.74 Å². The first-order valence-electron chi connectivity index (χ1n) is 6.17. The first kappa shape index (κ1) is 14.1. The Morgan fingerprint density at radius 2 is 2.00 bits per heavy atom. The summed E-state index contributed by atoms with van der Waals surface area (Å²) in [4.78, 5) is 0. The highest BCUT2D eigenvalue weighted by atomic mass is 79.9. The SMILES string of the molecule is COc1ccc(Br)c(CC(O)c2cccc(C)c2)c1. The summed E-state index contributed by atoms with van der Waals surface area (Å²) in [6.07, 6.45) is 0.0460. The average Bonchev–Trinajstić information content (AvgIpc) is 2.41. The van der Waals surface area contributed by atoms with Gasteiger partial charge in [0, 0.05) is 10.9 Å². The molecule has 0 aromatic heterocycles. The molecule has 1 unspecified atom stereocenters. The standard InChI is InChI=1S/C16H17BrO2/c1-11-4-3-5-12(8-11)16(18)10-13-9-14(19-2)6-7-15(13)17/h3-9,16,18H,10H2,1-2H3. The summed E-state index contributed by atoms with van der Waals surface area (Å²) in [6.45, 7) is 2.03. The zero-order chi connectivity index (χ0) is 13.8. The summed E-state index contributed by atoms with van der Waals surface area (Å²) in [6, 6.07) is 13.7. The summed E-state index contributed by atoms with van der Waals surface area (Å²) in [5.74, 6) is 0.801. The van der Waals surface area contributed by atoms with Crippen molar-refractivity contribution in [3.05, 3.63) is 63.6 Å². The second-order valence-corrected chi connectivity index (χ2v) is 5.45. The van der Waals surface area contributed by atoms with Crippen LogP contribution >= 0.6 is 15.9 Å². The van der Waals surface area contributed by atoms with Crippen LogP contribution < -0.4 is 4.74 Å². The van der Waals surface area contributed by atoms with E-state index in [1.54, 1.807) is 7.11 Å². The van der Waals surface area contributed by atoms with E-state index >= 15 is 0 Å². The Kier molecular flexibility index (Phi) is 4.61. The fourth-order valence-electron chi connectivity index (χ4n) is 2.04. The van der Waals surface area contributed by atoms with Gasteiger partial charge in [-0.25, -0.2) is 0 Å². The molecule has 0 radical (unpaired) electrons. The zero-order valence-electron chi connectivity index (χ0n) is 11.1. The minimum Gasteiger partial charge on any atom is -0.497 e. The molecule has 2 nitrogen and oxygen atoms in total. The van der Waals surface area contributed by atoms with Gasteiger partial charge in [-0.2, -0.15) is 0 Å². The highest BCUT2D eigenvalue weighted by Crippen LogP contribution is 2.27. The van der Waals surface area contributed by atoms with Crippen LogP contribution in [0.15, 0.2) is 46.9 Å². The van der Waals surface area contributed by atoms with Crippen molar-refractivity contribution in [1.29, 1.82) is 0 Å². The monoisotopic (exact) mass is 320 g/mol. The van der Waals surface area contributed by atoms with Gasteiger partial charge in [0.25, 0.3) is 0 Å². The van der Waals surface area contributed by atoms with E-state index in [2.05, 4.69) is 15.9 Å². The smallest absolute Gasteiger partial charge is 0.119 e. The minimum atomic E-state index is -0.511. The molecule has 2 aromatic rings. The molecule has 0 amide bonds. The number of rotatable bonds is 4. The minimum absolute atomic E-state index is 0.511. The predicted octanol–water partition coefficient (Wildman–Crippen LogP) is 4.04. The predicted molar refractivity (Wildman–Crippen MR) is 80.5 cm³/mol. The van der Waals surface area contributed by atoms with Crippen LogP contribution in [0.4, 0.5) is 0 Å². The van der Waals surface area contributed by atoms with E-state index < -0.39 is 6.10 Å². The number of hydrogen-bond acceptors (Lipinski definition) is 2. The topological polar surface area (TPSA) is 29.5 Å². The maximum Gasteiger partial charge on any atom is 0.119 e. The van der Waals surface area contributed by atoms with Crippen LogP contribution in [-0.4, -0.2) is 12.2 Å². The Morgan fingerprint density at radius 1 is 1.21 bits per heavy atom. The molecule has 0 aliphatic carbocycles. The third-order valence-electron chi connectivity index (χ3n) is 3.09. The normalized spacial score (nSPS) is 12.2. The Bertz CT molecular complexity index is 566. The molecule has 100 valence electrons. The summed E-state index contributed by atoms with van der Waals surface area (Å²) >= 11 is 3.51. The highest BCUT2D eigenvalue weighted by Gasteiger charge is 2.11. The average molecular weight is 321 g/mol. The summed E-state index contributed by atoms with van der Waals surface area (Å²) in [5, 5.41) is 10.3. The molecule has 1 atom stereocenters. The van der Waals surface area contributed by atoms with Gasteiger partial charge in [0.15, 0.2) is 0 Å². The maximum absolute atomic E-state index is 10.3. The van der Waals surface area contributed by atoms with Gasteiger partial charge in [-0.3, -0.25) is 0 Å². The van der Waals surface area contributed by atoms with Crippen LogP contribution in [-0.2, 0) is 6.42 Å². The number of aliphatic hydroxyl groups is 1. The summed E-state index contributed by atoms with van der Waals surface area (Å²) in [7, 11) is 1.64. The molecule has 0 saturated carbocycles. The van der Waals surface area contributed by atoms with Gasteiger partial charge in [0.05, 0.1) is 13.2 Å². The number of hydrogen-bond donors (Lipinski definition) is 1. The lowest BCUT2D eigenvalue weighted by atomic mass is 10.00. The lowest BCUT2D eigenvalue weighted by Crippen LogP contribution is -2.03. The lowest BCUT2D eigenvalue weighted by molar-refractivity contribution is 0.178. The van der Waals surface area contributed by atoms with Crippen molar-refractivity contribution in [3.8, 4) is 5.75 Å². The van der Waals surface area contributed by atoms with Crippen molar-refractivity contribution in [2.45, 2.75) is 19.4 Å². The Labute approximate surface area is 122 Å². The molecule has 0 aliphatic heterocycles. The van der Waals surface area contributed by atoms with E-state index in [0.717, 1.165) is 26.9 Å². The third-order valence-corrected chi connectivity index (χ3v) is 3.87.